The molecule has 1 heteroatoms. The molecule has 1 nitrogen and oxygen atoms in total. The molecule has 0 amide bonds. The van der Waals surface area contributed by atoms with Gasteiger partial charge in [-0.3, -0.25) is 4.99 Å². The smallest absolute Gasteiger partial charge is 0.0423 e. The third kappa shape index (κ3) is 3.21. The van der Waals surface area contributed by atoms with Crippen molar-refractivity contribution in [3.05, 3.63) is 12.2 Å². The van der Waals surface area contributed by atoms with Gasteiger partial charge in [0.15, 0.2) is 0 Å². The van der Waals surface area contributed by atoms with Crippen LogP contribution in [0.5, 0.6) is 0 Å². The van der Waals surface area contributed by atoms with Gasteiger partial charge in [-0.05, 0) is 13.3 Å². The van der Waals surface area contributed by atoms with E-state index < -0.39 is 0 Å². The Bertz CT molecular complexity index is 175. The van der Waals surface area contributed by atoms with Gasteiger partial charge in [0.1, 0.15) is 0 Å². The Labute approximate surface area is 76.6 Å². The van der Waals surface area contributed by atoms with E-state index in [2.05, 4.69) is 37.9 Å². The van der Waals surface area contributed by atoms with Crippen LogP contribution in [0.15, 0.2) is 17.1 Å². The molecule has 0 saturated carbocycles. The fourth-order valence-corrected chi connectivity index (χ4v) is 1.01. The Kier molecular flexibility index (Phi) is 4.87. The van der Waals surface area contributed by atoms with E-state index in [0.29, 0.717) is 0 Å². The summed E-state index contributed by atoms with van der Waals surface area (Å²) in [4.78, 5) is 4.43. The van der Waals surface area contributed by atoms with Gasteiger partial charge in [0.05, 0.1) is 0 Å². The lowest BCUT2D eigenvalue weighted by Gasteiger charge is -2.18. The zero-order chi connectivity index (χ0) is 9.61. The Morgan fingerprint density at radius 2 is 1.92 bits per heavy atom. The Balaban J connectivity index is 0.000000561. The molecule has 0 atom stereocenters. The van der Waals surface area contributed by atoms with E-state index in [1.807, 2.05) is 13.8 Å². The molecule has 1 aliphatic heterocycles. The van der Waals surface area contributed by atoms with Crippen LogP contribution >= 0.6 is 0 Å². The quantitative estimate of drug-likeness (QED) is 0.490. The molecular formula is C11H21N. The maximum atomic E-state index is 4.43. The molecule has 0 bridgehead atoms. The molecule has 12 heavy (non-hydrogen) atoms. The van der Waals surface area contributed by atoms with Gasteiger partial charge in [-0.1, -0.05) is 39.8 Å². The van der Waals surface area contributed by atoms with E-state index in [-0.39, 0.29) is 5.41 Å². The van der Waals surface area contributed by atoms with Crippen LogP contribution in [-0.4, -0.2) is 12.3 Å². The zero-order valence-corrected chi connectivity index (χ0v) is 9.02. The lowest BCUT2D eigenvalue weighted by Crippen LogP contribution is -2.17. The first-order valence-electron chi connectivity index (χ1n) is 4.82. The maximum Gasteiger partial charge on any atom is 0.0423 e. The first-order chi connectivity index (χ1) is 5.63. The zero-order valence-electron chi connectivity index (χ0n) is 9.02. The summed E-state index contributed by atoms with van der Waals surface area (Å²) < 4.78 is 0. The predicted molar refractivity (Wildman–Crippen MR) is 56.9 cm³/mol. The molecule has 0 aliphatic carbocycles. The third-order valence-electron chi connectivity index (χ3n) is 2.11. The molecule has 1 aliphatic rings. The van der Waals surface area contributed by atoms with Gasteiger partial charge in [0, 0.05) is 17.7 Å². The summed E-state index contributed by atoms with van der Waals surface area (Å²) in [6.45, 7) is 11.5. The lowest BCUT2D eigenvalue weighted by atomic mass is 9.88. The molecule has 0 aromatic heterocycles. The summed E-state index contributed by atoms with van der Waals surface area (Å²) in [6.07, 6.45) is 5.57. The summed E-state index contributed by atoms with van der Waals surface area (Å²) in [7, 11) is 0. The van der Waals surface area contributed by atoms with Crippen molar-refractivity contribution in [2.75, 3.05) is 6.54 Å². The minimum Gasteiger partial charge on any atom is -0.293 e. The molecular weight excluding hydrogens is 146 g/mol. The Morgan fingerprint density at radius 3 is 2.50 bits per heavy atom. The summed E-state index contributed by atoms with van der Waals surface area (Å²) >= 11 is 0. The summed E-state index contributed by atoms with van der Waals surface area (Å²) in [5.74, 6) is 0. The maximum absolute atomic E-state index is 4.43. The molecule has 1 rings (SSSR count). The highest BCUT2D eigenvalue weighted by Gasteiger charge is 2.18. The van der Waals surface area contributed by atoms with Crippen LogP contribution in [0.4, 0.5) is 0 Å². The van der Waals surface area contributed by atoms with Crippen LogP contribution in [0, 0.1) is 5.41 Å². The molecule has 0 spiro atoms. The first-order valence-corrected chi connectivity index (χ1v) is 4.82. The van der Waals surface area contributed by atoms with E-state index >= 15 is 0 Å². The number of rotatable bonds is 0. The number of nitrogens with zero attached hydrogens (tertiary/aromatic N) is 1. The van der Waals surface area contributed by atoms with Gasteiger partial charge in [-0.15, -0.1) is 0 Å². The predicted octanol–water partition coefficient (Wildman–Crippen LogP) is 3.46. The number of hydrogen-bond donors (Lipinski definition) is 0. The monoisotopic (exact) mass is 167 g/mol. The van der Waals surface area contributed by atoms with E-state index in [1.165, 1.54) is 5.71 Å². The highest BCUT2D eigenvalue weighted by Crippen LogP contribution is 2.21. The van der Waals surface area contributed by atoms with Crippen LogP contribution in [0.1, 0.15) is 41.0 Å². The second-order valence-electron chi connectivity index (χ2n) is 3.38. The third-order valence-corrected chi connectivity index (χ3v) is 2.11. The van der Waals surface area contributed by atoms with Crippen molar-refractivity contribution in [1.29, 1.82) is 0 Å². The number of allylic oxidation sites excluding steroid dienone is 1. The van der Waals surface area contributed by atoms with Crippen LogP contribution in [-0.2, 0) is 0 Å². The second-order valence-corrected chi connectivity index (χ2v) is 3.38. The van der Waals surface area contributed by atoms with Gasteiger partial charge in [-0.2, -0.15) is 0 Å². The lowest BCUT2D eigenvalue weighted by molar-refractivity contribution is 0.672. The van der Waals surface area contributed by atoms with Crippen molar-refractivity contribution >= 4 is 5.71 Å². The number of aliphatic imine (C=N–C) groups is 1. The summed E-state index contributed by atoms with van der Waals surface area (Å²) in [5.41, 5.74) is 1.44. The van der Waals surface area contributed by atoms with Crippen molar-refractivity contribution < 1.29 is 0 Å². The fraction of sp³-hybridized carbons (Fsp3) is 0.727. The van der Waals surface area contributed by atoms with Crippen LogP contribution in [0.25, 0.3) is 0 Å². The van der Waals surface area contributed by atoms with E-state index in [0.717, 1.165) is 13.0 Å². The van der Waals surface area contributed by atoms with Crippen LogP contribution in [0.3, 0.4) is 0 Å². The molecule has 0 aromatic rings. The van der Waals surface area contributed by atoms with E-state index in [9.17, 15) is 0 Å². The van der Waals surface area contributed by atoms with E-state index in [1.54, 1.807) is 0 Å². The molecule has 0 radical (unpaired) electrons. The normalized spacial score (nSPS) is 20.2. The van der Waals surface area contributed by atoms with Gasteiger partial charge in [0.2, 0.25) is 0 Å². The largest absolute Gasteiger partial charge is 0.293 e. The molecule has 1 heterocycles. The molecule has 0 unspecified atom stereocenters. The van der Waals surface area contributed by atoms with Gasteiger partial charge < -0.3 is 0 Å². The van der Waals surface area contributed by atoms with Gasteiger partial charge in [0.25, 0.3) is 0 Å². The Morgan fingerprint density at radius 1 is 1.33 bits per heavy atom. The average Bonchev–Trinajstić information content (AvgIpc) is 2.19. The highest BCUT2D eigenvalue weighted by atomic mass is 14.7. The van der Waals surface area contributed by atoms with E-state index in [4.69, 9.17) is 0 Å². The van der Waals surface area contributed by atoms with Crippen LogP contribution in [0.2, 0.25) is 0 Å². The van der Waals surface area contributed by atoms with Crippen molar-refractivity contribution in [3.63, 3.8) is 0 Å². The highest BCUT2D eigenvalue weighted by molar-refractivity contribution is 5.89. The second kappa shape index (κ2) is 5.13. The van der Waals surface area contributed by atoms with Gasteiger partial charge >= 0.3 is 0 Å². The molecule has 0 fully saturated rings. The molecule has 0 aromatic carbocycles. The minimum absolute atomic E-state index is 0.191. The first kappa shape index (κ1) is 11.4. The van der Waals surface area contributed by atoms with Crippen molar-refractivity contribution in [1.82, 2.24) is 0 Å². The van der Waals surface area contributed by atoms with Crippen molar-refractivity contribution in [2.24, 2.45) is 10.4 Å². The molecule has 0 saturated heterocycles. The summed E-state index contributed by atoms with van der Waals surface area (Å²) in [6, 6.07) is 0. The molecule has 0 N–H and O–H groups in total. The van der Waals surface area contributed by atoms with Gasteiger partial charge in [-0.25, -0.2) is 0 Å². The SMILES string of the molecule is CC.CC1=NCCC=CC1(C)C. The molecule has 70 valence electrons. The topological polar surface area (TPSA) is 12.4 Å². The number of hydrogen-bond acceptors (Lipinski definition) is 1. The average molecular weight is 167 g/mol. The summed E-state index contributed by atoms with van der Waals surface area (Å²) in [5, 5.41) is 0. The standard InChI is InChI=1S/C9H15N.C2H6/c1-8-9(2,3)6-4-5-7-10-8;1-2/h4,6H,5,7H2,1-3H3;1-2H3. The Hall–Kier alpha value is -0.590. The minimum atomic E-state index is 0.191. The fourth-order valence-electron chi connectivity index (χ4n) is 1.01. The van der Waals surface area contributed by atoms with Crippen molar-refractivity contribution in [3.8, 4) is 0 Å². The van der Waals surface area contributed by atoms with Crippen molar-refractivity contribution in [2.45, 2.75) is 41.0 Å². The van der Waals surface area contributed by atoms with Crippen LogP contribution < -0.4 is 0 Å².